The number of hydrogen-bond acceptors (Lipinski definition) is 5. The van der Waals surface area contributed by atoms with Crippen LogP contribution in [0.5, 0.6) is 0 Å². The molecule has 0 aliphatic carbocycles. The Bertz CT molecular complexity index is 1150. The van der Waals surface area contributed by atoms with E-state index in [1.165, 1.54) is 17.7 Å². The quantitative estimate of drug-likeness (QED) is 0.391. The molecule has 2 heterocycles. The monoisotopic (exact) mass is 494 g/mol. The van der Waals surface area contributed by atoms with Crippen LogP contribution in [0.25, 0.3) is 11.3 Å². The van der Waals surface area contributed by atoms with Crippen molar-refractivity contribution in [2.24, 2.45) is 0 Å². The molecule has 0 spiro atoms. The summed E-state index contributed by atoms with van der Waals surface area (Å²) in [6.07, 6.45) is 3.29. The lowest BCUT2D eigenvalue weighted by atomic mass is 10.1. The highest BCUT2D eigenvalue weighted by molar-refractivity contribution is 7.92. The second-order valence-corrected chi connectivity index (χ2v) is 11.6. The maximum absolute atomic E-state index is 13.1. The lowest BCUT2D eigenvalue weighted by molar-refractivity contribution is 0.529. The van der Waals surface area contributed by atoms with Gasteiger partial charge in [0.15, 0.2) is 15.0 Å². The third-order valence-corrected chi connectivity index (χ3v) is 9.51. The number of aromatic nitrogens is 1. The maximum atomic E-state index is 13.1. The summed E-state index contributed by atoms with van der Waals surface area (Å²) >= 11 is 13.8. The predicted octanol–water partition coefficient (Wildman–Crippen LogP) is 6.51. The van der Waals surface area contributed by atoms with E-state index < -0.39 is 15.1 Å². The van der Waals surface area contributed by atoms with Gasteiger partial charge in [0, 0.05) is 29.1 Å². The van der Waals surface area contributed by atoms with Crippen LogP contribution in [0, 0.1) is 0 Å². The molecular weight excluding hydrogens is 471 g/mol. The molecule has 0 bridgehead atoms. The molecule has 1 aliphatic rings. The molecule has 1 fully saturated rings. The second kappa shape index (κ2) is 9.49. The average Bonchev–Trinajstić information content (AvgIpc) is 3.26. The Hall–Kier alpha value is -1.60. The zero-order valence-electron chi connectivity index (χ0n) is 17.2. The Morgan fingerprint density at radius 1 is 1.10 bits per heavy atom. The molecule has 1 aliphatic heterocycles. The van der Waals surface area contributed by atoms with Crippen molar-refractivity contribution in [2.45, 2.75) is 42.8 Å². The Morgan fingerprint density at radius 3 is 2.48 bits per heavy atom. The summed E-state index contributed by atoms with van der Waals surface area (Å²) in [7, 11) is -3.53. The van der Waals surface area contributed by atoms with Crippen LogP contribution in [0.1, 0.15) is 31.7 Å². The molecule has 8 heteroatoms. The molecule has 0 radical (unpaired) electrons. The molecule has 2 aromatic carbocycles. The van der Waals surface area contributed by atoms with Gasteiger partial charge in [0.2, 0.25) is 0 Å². The third-order valence-electron chi connectivity index (χ3n) is 5.63. The molecule has 0 amide bonds. The fourth-order valence-electron chi connectivity index (χ4n) is 3.91. The standard InChI is InChI=1S/C23H24Cl2N2O2S2/c1-2-3-16-4-6-17(7-5-16)21-15-30-23(26-21)27-12-10-19(11-13-27)31(28,29)22-14-18(24)8-9-20(22)25/h4-9,14-15,19H,2-3,10-13H2,1H3. The van der Waals surface area contributed by atoms with Gasteiger partial charge in [-0.3, -0.25) is 0 Å². The smallest absolute Gasteiger partial charge is 0.185 e. The number of benzene rings is 2. The number of aryl methyl sites for hydroxylation is 1. The molecule has 3 aromatic rings. The van der Waals surface area contributed by atoms with Gasteiger partial charge in [0.25, 0.3) is 0 Å². The van der Waals surface area contributed by atoms with Crippen molar-refractivity contribution >= 4 is 49.5 Å². The van der Waals surface area contributed by atoms with Crippen molar-refractivity contribution in [3.63, 3.8) is 0 Å². The fraction of sp³-hybridized carbons (Fsp3) is 0.348. The summed E-state index contributed by atoms with van der Waals surface area (Å²) in [4.78, 5) is 7.11. The van der Waals surface area contributed by atoms with Crippen molar-refractivity contribution in [1.29, 1.82) is 0 Å². The van der Waals surface area contributed by atoms with E-state index in [2.05, 4.69) is 41.5 Å². The number of rotatable bonds is 6. The van der Waals surface area contributed by atoms with E-state index in [-0.39, 0.29) is 9.92 Å². The van der Waals surface area contributed by atoms with Crippen molar-refractivity contribution < 1.29 is 8.42 Å². The van der Waals surface area contributed by atoms with E-state index in [9.17, 15) is 8.42 Å². The second-order valence-electron chi connectivity index (χ2n) is 7.77. The molecule has 4 rings (SSSR count). The van der Waals surface area contributed by atoms with Crippen LogP contribution in [0.3, 0.4) is 0 Å². The first-order chi connectivity index (χ1) is 14.9. The van der Waals surface area contributed by atoms with Gasteiger partial charge in [-0.05, 0) is 43.0 Å². The number of sulfone groups is 1. The van der Waals surface area contributed by atoms with Crippen LogP contribution >= 0.6 is 34.5 Å². The van der Waals surface area contributed by atoms with Gasteiger partial charge in [-0.2, -0.15) is 0 Å². The molecule has 0 saturated carbocycles. The summed E-state index contributed by atoms with van der Waals surface area (Å²) in [6, 6.07) is 13.2. The van der Waals surface area contributed by atoms with Gasteiger partial charge < -0.3 is 4.90 Å². The fourth-order valence-corrected chi connectivity index (χ4v) is 7.29. The van der Waals surface area contributed by atoms with Crippen molar-refractivity contribution in [1.82, 2.24) is 4.98 Å². The molecule has 0 atom stereocenters. The molecule has 31 heavy (non-hydrogen) atoms. The summed E-state index contributed by atoms with van der Waals surface area (Å²) in [5, 5.41) is 3.13. The van der Waals surface area contributed by atoms with Gasteiger partial charge >= 0.3 is 0 Å². The number of anilines is 1. The summed E-state index contributed by atoms with van der Waals surface area (Å²) in [6.45, 7) is 3.47. The summed E-state index contributed by atoms with van der Waals surface area (Å²) in [5.74, 6) is 0. The molecule has 4 nitrogen and oxygen atoms in total. The van der Waals surface area contributed by atoms with Gasteiger partial charge in [-0.1, -0.05) is 60.8 Å². The van der Waals surface area contributed by atoms with E-state index in [4.69, 9.17) is 28.2 Å². The van der Waals surface area contributed by atoms with Crippen LogP contribution in [0.4, 0.5) is 5.13 Å². The van der Waals surface area contributed by atoms with Crippen LogP contribution in [0.15, 0.2) is 52.7 Å². The maximum Gasteiger partial charge on any atom is 0.185 e. The highest BCUT2D eigenvalue weighted by Crippen LogP contribution is 2.34. The van der Waals surface area contributed by atoms with Crippen molar-refractivity contribution in [3.05, 3.63) is 63.5 Å². The Morgan fingerprint density at radius 2 is 1.81 bits per heavy atom. The summed E-state index contributed by atoms with van der Waals surface area (Å²) in [5.41, 5.74) is 3.41. The van der Waals surface area contributed by atoms with Crippen LogP contribution in [0.2, 0.25) is 10.0 Å². The molecule has 0 unspecified atom stereocenters. The van der Waals surface area contributed by atoms with Gasteiger partial charge in [0.1, 0.15) is 0 Å². The number of nitrogens with zero attached hydrogens (tertiary/aromatic N) is 2. The zero-order valence-corrected chi connectivity index (χ0v) is 20.4. The largest absolute Gasteiger partial charge is 0.348 e. The van der Waals surface area contributed by atoms with E-state index in [1.807, 2.05) is 0 Å². The van der Waals surface area contributed by atoms with E-state index in [0.29, 0.717) is 31.0 Å². The SMILES string of the molecule is CCCc1ccc(-c2csc(N3CCC(S(=O)(=O)c4cc(Cl)ccc4Cl)CC3)n2)cc1. The Balaban J connectivity index is 1.44. The first kappa shape index (κ1) is 22.6. The van der Waals surface area contributed by atoms with Gasteiger partial charge in [0.05, 0.1) is 20.9 Å². The molecule has 164 valence electrons. The molecule has 0 N–H and O–H groups in total. The first-order valence-electron chi connectivity index (χ1n) is 10.4. The minimum absolute atomic E-state index is 0.128. The lowest BCUT2D eigenvalue weighted by Crippen LogP contribution is -2.39. The minimum atomic E-state index is -3.53. The van der Waals surface area contributed by atoms with Crippen LogP contribution in [-0.4, -0.2) is 31.7 Å². The first-order valence-corrected chi connectivity index (χ1v) is 13.6. The number of halogens is 2. The predicted molar refractivity (Wildman–Crippen MR) is 130 cm³/mol. The van der Waals surface area contributed by atoms with Gasteiger partial charge in [-0.15, -0.1) is 11.3 Å². The van der Waals surface area contributed by atoms with Crippen molar-refractivity contribution in [2.75, 3.05) is 18.0 Å². The number of hydrogen-bond donors (Lipinski definition) is 0. The highest BCUT2D eigenvalue weighted by Gasteiger charge is 2.33. The Labute approximate surface area is 197 Å². The number of thiazole rings is 1. The Kier molecular flexibility index (Phi) is 6.92. The van der Waals surface area contributed by atoms with Crippen LogP contribution < -0.4 is 4.90 Å². The molecule has 1 saturated heterocycles. The molecular formula is C23H24Cl2N2O2S2. The van der Waals surface area contributed by atoms with E-state index in [0.717, 1.165) is 29.2 Å². The minimum Gasteiger partial charge on any atom is -0.348 e. The zero-order chi connectivity index (χ0) is 22.0. The van der Waals surface area contributed by atoms with Crippen LogP contribution in [-0.2, 0) is 16.3 Å². The lowest BCUT2D eigenvalue weighted by Gasteiger charge is -2.31. The number of piperidine rings is 1. The van der Waals surface area contributed by atoms with Crippen molar-refractivity contribution in [3.8, 4) is 11.3 Å². The third kappa shape index (κ3) is 4.92. The van der Waals surface area contributed by atoms with E-state index in [1.54, 1.807) is 17.4 Å². The summed E-state index contributed by atoms with van der Waals surface area (Å²) < 4.78 is 26.2. The average molecular weight is 495 g/mol. The highest BCUT2D eigenvalue weighted by atomic mass is 35.5. The van der Waals surface area contributed by atoms with E-state index >= 15 is 0 Å². The van der Waals surface area contributed by atoms with Gasteiger partial charge in [-0.25, -0.2) is 13.4 Å². The topological polar surface area (TPSA) is 50.3 Å². The molecule has 1 aromatic heterocycles. The normalized spacial score (nSPS) is 15.4.